The zero-order valence-electron chi connectivity index (χ0n) is 31.6. The third-order valence-corrected chi connectivity index (χ3v) is 8.44. The number of nitrogens with zero attached hydrogens (tertiary/aromatic N) is 8. The number of carbonyl (C=O) groups excluding carboxylic acids is 1. The number of anilines is 3. The Kier molecular flexibility index (Phi) is 13.6. The van der Waals surface area contributed by atoms with E-state index in [0.717, 1.165) is 49.1 Å². The van der Waals surface area contributed by atoms with Crippen LogP contribution in [0.5, 0.6) is 29.5 Å². The van der Waals surface area contributed by atoms with Crippen molar-refractivity contribution in [2.45, 2.75) is 59.0 Å². The number of hydrogen-bond donors (Lipinski definition) is 3. The molecule has 0 saturated carbocycles. The van der Waals surface area contributed by atoms with Gasteiger partial charge in [-0.15, -0.1) is 0 Å². The van der Waals surface area contributed by atoms with Crippen LogP contribution in [0, 0.1) is 0 Å². The average Bonchev–Trinajstić information content (AvgIpc) is 3.67. The monoisotopic (exact) mass is 742 g/mol. The molecular weight excluding hydrogens is 692 g/mol. The molecular formula is C38H50N10O6. The lowest BCUT2D eigenvalue weighted by molar-refractivity contribution is -0.117. The molecule has 1 aliphatic heterocycles. The summed E-state index contributed by atoms with van der Waals surface area (Å²) in [4.78, 5) is 37.9. The zero-order chi connectivity index (χ0) is 38.6. The van der Waals surface area contributed by atoms with Gasteiger partial charge in [0.2, 0.25) is 5.91 Å². The molecule has 4 heterocycles. The fraction of sp³-hybridized carbons (Fsp3) is 0.421. The SMILES string of the molecule is CCCCOc1nc(N)c2c(n1)N(Cc1ccc(OCCN(C)C)cc1)C(=O)C2.CCCCOc1nc(N)c2nc(OC)n(Cc3ccc(O)cc3)c2n1. The highest BCUT2D eigenvalue weighted by Gasteiger charge is 2.32. The van der Waals surface area contributed by atoms with E-state index < -0.39 is 0 Å². The van der Waals surface area contributed by atoms with Crippen molar-refractivity contribution in [3.63, 3.8) is 0 Å². The van der Waals surface area contributed by atoms with Crippen LogP contribution < -0.4 is 35.3 Å². The van der Waals surface area contributed by atoms with Gasteiger partial charge in [-0.1, -0.05) is 51.0 Å². The minimum Gasteiger partial charge on any atom is -0.508 e. The number of likely N-dealkylation sites (N-methyl/N-ethyl adjacent to an activating group) is 1. The molecule has 0 unspecified atom stereocenters. The van der Waals surface area contributed by atoms with E-state index >= 15 is 0 Å². The lowest BCUT2D eigenvalue weighted by atomic mass is 10.2. The molecule has 3 aromatic heterocycles. The highest BCUT2D eigenvalue weighted by Crippen LogP contribution is 2.33. The minimum absolute atomic E-state index is 0.0435. The van der Waals surface area contributed by atoms with Crippen molar-refractivity contribution in [3.8, 4) is 29.5 Å². The molecule has 0 saturated heterocycles. The van der Waals surface area contributed by atoms with Crippen LogP contribution in [0.1, 0.15) is 56.2 Å². The van der Waals surface area contributed by atoms with Gasteiger partial charge in [-0.2, -0.15) is 24.9 Å². The quantitative estimate of drug-likeness (QED) is 0.111. The van der Waals surface area contributed by atoms with E-state index in [9.17, 15) is 9.90 Å². The van der Waals surface area contributed by atoms with E-state index in [1.165, 1.54) is 7.11 Å². The molecule has 0 aliphatic carbocycles. The molecule has 1 aliphatic rings. The lowest BCUT2D eigenvalue weighted by Crippen LogP contribution is -2.26. The number of unbranched alkanes of at least 4 members (excludes halogenated alkanes) is 2. The summed E-state index contributed by atoms with van der Waals surface area (Å²) in [5.41, 5.74) is 15.7. The summed E-state index contributed by atoms with van der Waals surface area (Å²) in [5.74, 6) is 2.07. The number of ether oxygens (including phenoxy) is 4. The Labute approximate surface area is 315 Å². The molecule has 5 N–H and O–H groups in total. The predicted octanol–water partition coefficient (Wildman–Crippen LogP) is 4.62. The van der Waals surface area contributed by atoms with Gasteiger partial charge in [0.05, 0.1) is 39.8 Å². The van der Waals surface area contributed by atoms with Crippen molar-refractivity contribution >= 4 is 34.5 Å². The van der Waals surface area contributed by atoms with Gasteiger partial charge in [0.1, 0.15) is 29.7 Å². The van der Waals surface area contributed by atoms with Gasteiger partial charge in [-0.05, 0) is 62.3 Å². The van der Waals surface area contributed by atoms with Crippen LogP contribution in [0.25, 0.3) is 11.2 Å². The third kappa shape index (κ3) is 10.2. The Balaban J connectivity index is 0.000000210. The van der Waals surface area contributed by atoms with Crippen molar-refractivity contribution in [1.29, 1.82) is 0 Å². The maximum absolute atomic E-state index is 12.6. The number of rotatable bonds is 17. The molecule has 0 fully saturated rings. The minimum atomic E-state index is -0.0435. The molecule has 2 aromatic carbocycles. The van der Waals surface area contributed by atoms with E-state index in [4.69, 9.17) is 30.4 Å². The topological polar surface area (TPSA) is 202 Å². The number of phenols is 1. The first-order chi connectivity index (χ1) is 26.1. The number of imidazole rings is 1. The normalized spacial score (nSPS) is 12.1. The largest absolute Gasteiger partial charge is 0.508 e. The highest BCUT2D eigenvalue weighted by molar-refractivity contribution is 6.01. The Morgan fingerprint density at radius 3 is 2.02 bits per heavy atom. The Morgan fingerprint density at radius 1 is 0.778 bits per heavy atom. The number of aromatic nitrogens is 6. The molecule has 6 rings (SSSR count). The van der Waals surface area contributed by atoms with Gasteiger partial charge in [-0.3, -0.25) is 14.3 Å². The molecule has 16 nitrogen and oxygen atoms in total. The second-order valence-electron chi connectivity index (χ2n) is 13.0. The fourth-order valence-electron chi connectivity index (χ4n) is 5.42. The first-order valence-corrected chi connectivity index (χ1v) is 18.0. The van der Waals surface area contributed by atoms with Crippen LogP contribution in [0.2, 0.25) is 0 Å². The van der Waals surface area contributed by atoms with Gasteiger partial charge in [-0.25, -0.2) is 0 Å². The number of aromatic hydroxyl groups is 1. The smallest absolute Gasteiger partial charge is 0.320 e. The number of nitrogens with two attached hydrogens (primary N) is 2. The maximum Gasteiger partial charge on any atom is 0.320 e. The predicted molar refractivity (Wildman–Crippen MR) is 206 cm³/mol. The second-order valence-corrected chi connectivity index (χ2v) is 13.0. The Bertz CT molecular complexity index is 1990. The average molecular weight is 743 g/mol. The molecule has 54 heavy (non-hydrogen) atoms. The van der Waals surface area contributed by atoms with E-state index in [2.05, 4.69) is 43.7 Å². The Hall–Kier alpha value is -5.90. The van der Waals surface area contributed by atoms with Crippen LogP contribution in [0.3, 0.4) is 0 Å². The van der Waals surface area contributed by atoms with Crippen LogP contribution in [0.4, 0.5) is 17.5 Å². The maximum atomic E-state index is 12.6. The molecule has 5 aromatic rings. The summed E-state index contributed by atoms with van der Waals surface area (Å²) in [7, 11) is 5.55. The van der Waals surface area contributed by atoms with Gasteiger partial charge < -0.3 is 40.4 Å². The zero-order valence-corrected chi connectivity index (χ0v) is 31.6. The van der Waals surface area contributed by atoms with Crippen LogP contribution in [-0.4, -0.2) is 93.0 Å². The number of nitrogen functional groups attached to an aromatic ring is 2. The van der Waals surface area contributed by atoms with Crippen molar-refractivity contribution in [1.82, 2.24) is 34.4 Å². The molecule has 0 radical (unpaired) electrons. The number of carbonyl (C=O) groups is 1. The number of methoxy groups -OCH3 is 1. The van der Waals surface area contributed by atoms with Crippen molar-refractivity contribution in [2.24, 2.45) is 0 Å². The van der Waals surface area contributed by atoms with E-state index in [-0.39, 0.29) is 35.9 Å². The number of benzene rings is 2. The molecule has 0 bridgehead atoms. The molecule has 1 amide bonds. The number of amides is 1. The van der Waals surface area contributed by atoms with Crippen molar-refractivity contribution in [2.75, 3.05) is 63.9 Å². The van der Waals surface area contributed by atoms with Crippen LogP contribution >= 0.6 is 0 Å². The molecule has 288 valence electrons. The first kappa shape index (κ1) is 39.3. The van der Waals surface area contributed by atoms with E-state index in [1.807, 2.05) is 50.5 Å². The second kappa shape index (κ2) is 18.7. The first-order valence-electron chi connectivity index (χ1n) is 18.0. The fourth-order valence-corrected chi connectivity index (χ4v) is 5.42. The van der Waals surface area contributed by atoms with Crippen LogP contribution in [0.15, 0.2) is 48.5 Å². The molecule has 16 heteroatoms. The molecule has 0 spiro atoms. The third-order valence-electron chi connectivity index (χ3n) is 8.44. The summed E-state index contributed by atoms with van der Waals surface area (Å²) in [6.45, 7) is 7.58. The van der Waals surface area contributed by atoms with Gasteiger partial charge in [0.25, 0.3) is 6.01 Å². The van der Waals surface area contributed by atoms with Gasteiger partial charge in [0, 0.05) is 12.1 Å². The van der Waals surface area contributed by atoms with E-state index in [0.29, 0.717) is 67.3 Å². The summed E-state index contributed by atoms with van der Waals surface area (Å²) in [5, 5.41) is 9.43. The summed E-state index contributed by atoms with van der Waals surface area (Å²) in [6, 6.07) is 15.5. The van der Waals surface area contributed by atoms with Crippen LogP contribution in [-0.2, 0) is 24.3 Å². The lowest BCUT2D eigenvalue weighted by Gasteiger charge is -2.18. The summed E-state index contributed by atoms with van der Waals surface area (Å²) < 4.78 is 24.1. The van der Waals surface area contributed by atoms with Gasteiger partial charge in [0.15, 0.2) is 17.0 Å². The number of fused-ring (bicyclic) bond motifs is 2. The number of hydrogen-bond acceptors (Lipinski definition) is 14. The number of phenolic OH excluding ortho intramolecular Hbond substituents is 1. The van der Waals surface area contributed by atoms with Crippen molar-refractivity contribution < 1.29 is 28.8 Å². The molecule has 0 atom stereocenters. The van der Waals surface area contributed by atoms with E-state index in [1.54, 1.807) is 21.6 Å². The summed E-state index contributed by atoms with van der Waals surface area (Å²) >= 11 is 0. The Morgan fingerprint density at radius 2 is 1.39 bits per heavy atom. The van der Waals surface area contributed by atoms with Crippen molar-refractivity contribution in [3.05, 3.63) is 65.2 Å². The highest BCUT2D eigenvalue weighted by atomic mass is 16.5. The summed E-state index contributed by atoms with van der Waals surface area (Å²) in [6.07, 6.45) is 4.07. The van der Waals surface area contributed by atoms with Gasteiger partial charge >= 0.3 is 12.0 Å². The standard InChI is InChI=1S/C21H29N5O3.C17H21N5O3/c1-4-5-11-29-21-23-19(22)17-13-18(27)26(20(17)24-21)14-15-6-8-16(9-7-15)28-12-10-25(2)3;1-3-4-9-25-16-20-14(18)13-15(21-16)22(17(19-13)24-2)10-11-5-7-12(23)8-6-11/h6-9H,4-5,10-14H2,1-3H3,(H2,22,23,24);5-8,23H,3-4,9-10H2,1-2H3,(H2,18,20,21).